The first kappa shape index (κ1) is 15.6. The summed E-state index contributed by atoms with van der Waals surface area (Å²) in [4.78, 5) is 16.1. The summed E-state index contributed by atoms with van der Waals surface area (Å²) in [5, 5.41) is 2.41. The molecule has 21 heavy (non-hydrogen) atoms. The minimum Gasteiger partial charge on any atom is -0.370 e. The molecule has 0 aromatic carbocycles. The zero-order valence-electron chi connectivity index (χ0n) is 10.5. The van der Waals surface area contributed by atoms with Gasteiger partial charge in [-0.2, -0.15) is 13.2 Å². The van der Waals surface area contributed by atoms with E-state index in [9.17, 15) is 22.4 Å². The van der Waals surface area contributed by atoms with Crippen molar-refractivity contribution in [3.8, 4) is 0 Å². The van der Waals surface area contributed by atoms with Gasteiger partial charge in [0, 0.05) is 31.9 Å². The molecule has 1 N–H and O–H groups in total. The van der Waals surface area contributed by atoms with Crippen molar-refractivity contribution in [3.05, 3.63) is 40.7 Å². The Bertz CT molecular complexity index is 588. The van der Waals surface area contributed by atoms with E-state index < -0.39 is 17.8 Å². The van der Waals surface area contributed by atoms with Gasteiger partial charge >= 0.3 is 6.18 Å². The van der Waals surface area contributed by atoms with Crippen LogP contribution < -0.4 is 5.32 Å². The van der Waals surface area contributed by atoms with E-state index in [4.69, 9.17) is 11.6 Å². The van der Waals surface area contributed by atoms with E-state index in [1.54, 1.807) is 0 Å². The number of allylic oxidation sites excluding steroid dienone is 1. The maximum absolute atomic E-state index is 13.3. The predicted octanol–water partition coefficient (Wildman–Crippen LogP) is 2.25. The van der Waals surface area contributed by atoms with Gasteiger partial charge in [0.05, 0.1) is 0 Å². The van der Waals surface area contributed by atoms with Crippen LogP contribution in [0.5, 0.6) is 0 Å². The first-order valence-electron chi connectivity index (χ1n) is 5.89. The predicted molar refractivity (Wildman–Crippen MR) is 66.8 cm³/mol. The maximum Gasteiger partial charge on any atom is 0.454 e. The van der Waals surface area contributed by atoms with Gasteiger partial charge in [-0.25, -0.2) is 9.37 Å². The van der Waals surface area contributed by atoms with Crippen LogP contribution in [0.3, 0.4) is 0 Å². The van der Waals surface area contributed by atoms with Gasteiger partial charge < -0.3 is 10.2 Å². The smallest absolute Gasteiger partial charge is 0.370 e. The van der Waals surface area contributed by atoms with Gasteiger partial charge in [0.25, 0.3) is 5.78 Å². The molecule has 1 aromatic rings. The third-order valence-electron chi connectivity index (χ3n) is 2.80. The SMILES string of the molecule is O=C(C=C1NCCN1Cc1cnc(Cl)c(F)c1)C(F)(F)F. The lowest BCUT2D eigenvalue weighted by atomic mass is 10.2. The zero-order chi connectivity index (χ0) is 15.6. The van der Waals surface area contributed by atoms with Gasteiger partial charge in [0.15, 0.2) is 11.0 Å². The maximum atomic E-state index is 13.3. The highest BCUT2D eigenvalue weighted by Crippen LogP contribution is 2.20. The first-order valence-corrected chi connectivity index (χ1v) is 6.27. The second kappa shape index (κ2) is 5.88. The molecule has 0 aliphatic carbocycles. The van der Waals surface area contributed by atoms with Crippen molar-refractivity contribution in [1.82, 2.24) is 15.2 Å². The van der Waals surface area contributed by atoms with Gasteiger partial charge in [-0.3, -0.25) is 4.79 Å². The van der Waals surface area contributed by atoms with Gasteiger partial charge in [-0.15, -0.1) is 0 Å². The van der Waals surface area contributed by atoms with Crippen LogP contribution in [0.15, 0.2) is 24.2 Å². The zero-order valence-corrected chi connectivity index (χ0v) is 11.3. The van der Waals surface area contributed by atoms with Crippen LogP contribution in [0.4, 0.5) is 17.6 Å². The third-order valence-corrected chi connectivity index (χ3v) is 3.08. The molecule has 1 aliphatic heterocycles. The number of carbonyl (C=O) groups is 1. The second-order valence-corrected chi connectivity index (χ2v) is 4.71. The van der Waals surface area contributed by atoms with Crippen molar-refractivity contribution in [2.75, 3.05) is 13.1 Å². The Balaban J connectivity index is 2.14. The molecule has 1 fully saturated rings. The van der Waals surface area contributed by atoms with Crippen LogP contribution in [0.2, 0.25) is 5.15 Å². The Hall–Kier alpha value is -1.83. The monoisotopic (exact) mass is 323 g/mol. The molecule has 0 amide bonds. The van der Waals surface area contributed by atoms with Crippen molar-refractivity contribution in [2.24, 2.45) is 0 Å². The van der Waals surface area contributed by atoms with Crippen LogP contribution in [-0.4, -0.2) is 34.9 Å². The minimum absolute atomic E-state index is 0.0488. The van der Waals surface area contributed by atoms with Crippen LogP contribution in [0, 0.1) is 5.82 Å². The van der Waals surface area contributed by atoms with E-state index in [0.717, 1.165) is 6.07 Å². The van der Waals surface area contributed by atoms with Gasteiger partial charge in [-0.1, -0.05) is 11.6 Å². The number of ketones is 1. The number of alkyl halides is 3. The quantitative estimate of drug-likeness (QED) is 0.526. The molecule has 1 aromatic heterocycles. The molecule has 0 spiro atoms. The van der Waals surface area contributed by atoms with E-state index in [1.807, 2.05) is 0 Å². The van der Waals surface area contributed by atoms with Crippen molar-refractivity contribution in [2.45, 2.75) is 12.7 Å². The summed E-state index contributed by atoms with van der Waals surface area (Å²) in [6.07, 6.45) is -3.10. The largest absolute Gasteiger partial charge is 0.454 e. The molecule has 2 heterocycles. The lowest BCUT2D eigenvalue weighted by Crippen LogP contribution is -2.25. The number of pyridine rings is 1. The molecule has 0 atom stereocenters. The van der Waals surface area contributed by atoms with Crippen LogP contribution in [0.25, 0.3) is 0 Å². The summed E-state index contributed by atoms with van der Waals surface area (Å²) in [5.41, 5.74) is 0.436. The van der Waals surface area contributed by atoms with Gasteiger partial charge in [0.2, 0.25) is 0 Å². The second-order valence-electron chi connectivity index (χ2n) is 4.36. The van der Waals surface area contributed by atoms with E-state index in [1.165, 1.54) is 11.1 Å². The molecule has 114 valence electrons. The molecule has 0 unspecified atom stereocenters. The summed E-state index contributed by atoms with van der Waals surface area (Å²) < 4.78 is 50.0. The topological polar surface area (TPSA) is 45.2 Å². The van der Waals surface area contributed by atoms with E-state index in [-0.39, 0.29) is 17.5 Å². The number of aromatic nitrogens is 1. The van der Waals surface area contributed by atoms with Gasteiger partial charge in [0.1, 0.15) is 5.82 Å². The highest BCUT2D eigenvalue weighted by Gasteiger charge is 2.37. The van der Waals surface area contributed by atoms with Crippen LogP contribution in [-0.2, 0) is 11.3 Å². The number of hydrogen-bond donors (Lipinski definition) is 1. The molecule has 1 aliphatic rings. The highest BCUT2D eigenvalue weighted by atomic mass is 35.5. The summed E-state index contributed by atoms with van der Waals surface area (Å²) in [6.45, 7) is 0.896. The van der Waals surface area contributed by atoms with Crippen LogP contribution >= 0.6 is 11.6 Å². The fourth-order valence-electron chi connectivity index (χ4n) is 1.83. The van der Waals surface area contributed by atoms with Crippen molar-refractivity contribution in [3.63, 3.8) is 0 Å². The number of nitrogens with zero attached hydrogens (tertiary/aromatic N) is 2. The average Bonchev–Trinajstić information content (AvgIpc) is 2.80. The lowest BCUT2D eigenvalue weighted by Gasteiger charge is -2.19. The highest BCUT2D eigenvalue weighted by molar-refractivity contribution is 6.29. The number of rotatable bonds is 3. The summed E-state index contributed by atoms with van der Waals surface area (Å²) in [7, 11) is 0. The summed E-state index contributed by atoms with van der Waals surface area (Å²) in [5.74, 6) is -2.61. The first-order chi connectivity index (χ1) is 9.77. The molecule has 0 bridgehead atoms. The van der Waals surface area contributed by atoms with Crippen LogP contribution in [0.1, 0.15) is 5.56 Å². The molecular weight excluding hydrogens is 314 g/mol. The summed E-state index contributed by atoms with van der Waals surface area (Å²) >= 11 is 5.45. The Morgan fingerprint density at radius 3 is 2.86 bits per heavy atom. The van der Waals surface area contributed by atoms with E-state index >= 15 is 0 Å². The van der Waals surface area contributed by atoms with Gasteiger partial charge in [-0.05, 0) is 11.6 Å². The van der Waals surface area contributed by atoms with E-state index in [0.29, 0.717) is 24.7 Å². The molecule has 0 saturated carbocycles. The Kier molecular flexibility index (Phi) is 4.36. The molecule has 0 radical (unpaired) electrons. The van der Waals surface area contributed by atoms with Crippen molar-refractivity contribution >= 4 is 17.4 Å². The fourth-order valence-corrected chi connectivity index (χ4v) is 1.93. The molecule has 1 saturated heterocycles. The van der Waals surface area contributed by atoms with Crippen molar-refractivity contribution < 1.29 is 22.4 Å². The van der Waals surface area contributed by atoms with E-state index in [2.05, 4.69) is 10.3 Å². The van der Waals surface area contributed by atoms with Crippen molar-refractivity contribution in [1.29, 1.82) is 0 Å². The fraction of sp³-hybridized carbons (Fsp3) is 0.333. The third kappa shape index (κ3) is 3.84. The normalized spacial score (nSPS) is 17.2. The Morgan fingerprint density at radius 1 is 1.52 bits per heavy atom. The standard InChI is InChI=1S/C12H10ClF4N3O/c13-11-8(14)3-7(5-19-11)6-20-2-1-18-10(20)4-9(21)12(15,16)17/h3-5,18H,1-2,6H2. The number of hydrogen-bond acceptors (Lipinski definition) is 4. The Labute approximate surface area is 122 Å². The number of halogens is 5. The molecular formula is C12H10ClF4N3O. The summed E-state index contributed by atoms with van der Waals surface area (Å²) in [6, 6.07) is 1.15. The number of carbonyl (C=O) groups excluding carboxylic acids is 1. The molecule has 9 heteroatoms. The minimum atomic E-state index is -4.92. The average molecular weight is 324 g/mol. The lowest BCUT2D eigenvalue weighted by molar-refractivity contribution is -0.165. The number of nitrogens with one attached hydrogen (secondary N) is 1. The molecule has 4 nitrogen and oxygen atoms in total. The Morgan fingerprint density at radius 2 is 2.24 bits per heavy atom. The molecule has 2 rings (SSSR count).